The number of amides is 1. The number of aliphatic hydroxyl groups is 1. The van der Waals surface area contributed by atoms with Crippen LogP contribution in [0, 0.1) is 5.92 Å². The first-order valence-corrected chi connectivity index (χ1v) is 5.31. The van der Waals surface area contributed by atoms with Gasteiger partial charge in [-0.2, -0.15) is 0 Å². The summed E-state index contributed by atoms with van der Waals surface area (Å²) in [5.74, 6) is 0.812. The van der Waals surface area contributed by atoms with Gasteiger partial charge in [-0.15, -0.1) is 0 Å². The predicted octanol–water partition coefficient (Wildman–Crippen LogP) is -0.469. The molecule has 0 aromatic carbocycles. The van der Waals surface area contributed by atoms with Crippen molar-refractivity contribution in [2.24, 2.45) is 5.92 Å². The highest BCUT2D eigenvalue weighted by atomic mass is 16.3. The van der Waals surface area contributed by atoms with Crippen molar-refractivity contribution in [3.63, 3.8) is 0 Å². The van der Waals surface area contributed by atoms with Crippen LogP contribution >= 0.6 is 0 Å². The fourth-order valence-corrected chi connectivity index (χ4v) is 2.29. The van der Waals surface area contributed by atoms with E-state index in [-0.39, 0.29) is 12.0 Å². The van der Waals surface area contributed by atoms with E-state index in [2.05, 4.69) is 4.90 Å². The molecule has 0 aliphatic carbocycles. The third-order valence-corrected chi connectivity index (χ3v) is 3.17. The predicted molar refractivity (Wildman–Crippen MR) is 52.8 cm³/mol. The molecule has 0 aromatic rings. The van der Waals surface area contributed by atoms with Crippen LogP contribution in [-0.2, 0) is 4.79 Å². The average Bonchev–Trinajstić information content (AvgIpc) is 2.42. The van der Waals surface area contributed by atoms with Crippen molar-refractivity contribution < 1.29 is 9.90 Å². The van der Waals surface area contributed by atoms with Gasteiger partial charge in [0.15, 0.2) is 0 Å². The van der Waals surface area contributed by atoms with Crippen LogP contribution in [0.3, 0.4) is 0 Å². The molecular weight excluding hydrogens is 180 g/mol. The molecular formula is C10H18N2O2. The number of nitrogens with zero attached hydrogens (tertiary/aromatic N) is 2. The Bertz CT molecular complexity index is 226. The molecule has 2 rings (SSSR count). The Labute approximate surface area is 84.5 Å². The quantitative estimate of drug-likeness (QED) is 0.652. The van der Waals surface area contributed by atoms with Gasteiger partial charge >= 0.3 is 0 Å². The monoisotopic (exact) mass is 198 g/mol. The Kier molecular flexibility index (Phi) is 2.74. The van der Waals surface area contributed by atoms with Crippen LogP contribution in [0.15, 0.2) is 0 Å². The van der Waals surface area contributed by atoms with Gasteiger partial charge in [-0.25, -0.2) is 0 Å². The third-order valence-electron chi connectivity index (χ3n) is 3.17. The minimum atomic E-state index is -0.126. The second-order valence-corrected chi connectivity index (χ2v) is 4.49. The number of carbonyl (C=O) groups excluding carboxylic acids is 1. The summed E-state index contributed by atoms with van der Waals surface area (Å²) in [6.45, 7) is 6.30. The van der Waals surface area contributed by atoms with Gasteiger partial charge in [0.25, 0.3) is 0 Å². The van der Waals surface area contributed by atoms with E-state index in [0.29, 0.717) is 5.92 Å². The van der Waals surface area contributed by atoms with Crippen LogP contribution in [0.2, 0.25) is 0 Å². The molecule has 0 saturated carbocycles. The van der Waals surface area contributed by atoms with E-state index >= 15 is 0 Å². The largest absolute Gasteiger partial charge is 0.392 e. The zero-order chi connectivity index (χ0) is 10.1. The molecule has 0 spiro atoms. The Morgan fingerprint density at radius 3 is 2.64 bits per heavy atom. The minimum Gasteiger partial charge on any atom is -0.392 e. The van der Waals surface area contributed by atoms with E-state index < -0.39 is 0 Å². The van der Waals surface area contributed by atoms with Crippen molar-refractivity contribution in [2.75, 3.05) is 32.7 Å². The lowest BCUT2D eigenvalue weighted by atomic mass is 10.00. The minimum absolute atomic E-state index is 0.126. The summed E-state index contributed by atoms with van der Waals surface area (Å²) in [6.07, 6.45) is 0.780. The zero-order valence-electron chi connectivity index (χ0n) is 8.65. The fraction of sp³-hybridized carbons (Fsp3) is 0.900. The van der Waals surface area contributed by atoms with E-state index in [1.54, 1.807) is 6.92 Å². The molecule has 2 saturated heterocycles. The van der Waals surface area contributed by atoms with Crippen LogP contribution in [0.5, 0.6) is 0 Å². The molecule has 4 heteroatoms. The van der Waals surface area contributed by atoms with Gasteiger partial charge in [0.05, 0.1) is 6.10 Å². The Morgan fingerprint density at radius 2 is 2.14 bits per heavy atom. The molecule has 0 bridgehead atoms. The summed E-state index contributed by atoms with van der Waals surface area (Å²) in [5.41, 5.74) is 0. The summed E-state index contributed by atoms with van der Waals surface area (Å²) >= 11 is 0. The van der Waals surface area contributed by atoms with Crippen LogP contribution in [-0.4, -0.2) is 59.6 Å². The molecule has 4 nitrogen and oxygen atoms in total. The molecule has 1 amide bonds. The summed E-state index contributed by atoms with van der Waals surface area (Å²) in [6, 6.07) is 0. The Balaban J connectivity index is 1.67. The van der Waals surface area contributed by atoms with Gasteiger partial charge in [-0.3, -0.25) is 4.79 Å². The number of β-amino-alcohol motifs (C(OH)–C–C–N with tert-alkyl or cyclic N) is 1. The lowest BCUT2D eigenvalue weighted by Gasteiger charge is -2.40. The molecule has 0 aromatic heterocycles. The SMILES string of the molecule is CC(=O)N1CC(CN2CC[C@@H](O)C2)C1. The average molecular weight is 198 g/mol. The third kappa shape index (κ3) is 2.07. The van der Waals surface area contributed by atoms with E-state index in [1.165, 1.54) is 0 Å². The molecule has 2 aliphatic heterocycles. The summed E-state index contributed by atoms with van der Waals surface area (Å²) in [7, 11) is 0. The smallest absolute Gasteiger partial charge is 0.219 e. The maximum absolute atomic E-state index is 10.9. The van der Waals surface area contributed by atoms with Gasteiger partial charge in [0.2, 0.25) is 5.91 Å². The molecule has 0 unspecified atom stereocenters. The van der Waals surface area contributed by atoms with E-state index in [4.69, 9.17) is 0 Å². The van der Waals surface area contributed by atoms with Gasteiger partial charge in [0.1, 0.15) is 0 Å². The first kappa shape index (κ1) is 9.93. The zero-order valence-corrected chi connectivity index (χ0v) is 8.65. The molecule has 2 fully saturated rings. The van der Waals surface area contributed by atoms with Crippen molar-refractivity contribution in [3.05, 3.63) is 0 Å². The molecule has 14 heavy (non-hydrogen) atoms. The highest BCUT2D eigenvalue weighted by Crippen LogP contribution is 2.19. The Morgan fingerprint density at radius 1 is 1.43 bits per heavy atom. The number of hydrogen-bond donors (Lipinski definition) is 1. The standard InChI is InChI=1S/C10H18N2O2/c1-8(13)12-5-9(6-12)4-11-3-2-10(14)7-11/h9-10,14H,2-7H2,1H3/t10-/m1/s1. The van der Waals surface area contributed by atoms with Gasteiger partial charge < -0.3 is 14.9 Å². The van der Waals surface area contributed by atoms with Crippen molar-refractivity contribution in [3.8, 4) is 0 Å². The number of carbonyl (C=O) groups is 1. The lowest BCUT2D eigenvalue weighted by Crippen LogP contribution is -2.52. The number of likely N-dealkylation sites (tertiary alicyclic amines) is 2. The number of rotatable bonds is 2. The Hall–Kier alpha value is -0.610. The molecule has 2 aliphatic rings. The number of aliphatic hydroxyl groups excluding tert-OH is 1. The van der Waals surface area contributed by atoms with Crippen LogP contribution in [0.25, 0.3) is 0 Å². The van der Waals surface area contributed by atoms with Crippen molar-refractivity contribution in [1.29, 1.82) is 0 Å². The van der Waals surface area contributed by atoms with Gasteiger partial charge in [-0.05, 0) is 6.42 Å². The normalized spacial score (nSPS) is 29.3. The second-order valence-electron chi connectivity index (χ2n) is 4.49. The summed E-state index contributed by atoms with van der Waals surface area (Å²) in [4.78, 5) is 15.1. The highest BCUT2D eigenvalue weighted by Gasteiger charge is 2.31. The number of hydrogen-bond acceptors (Lipinski definition) is 3. The maximum Gasteiger partial charge on any atom is 0.219 e. The van der Waals surface area contributed by atoms with E-state index in [0.717, 1.165) is 39.1 Å². The molecule has 0 radical (unpaired) electrons. The fourth-order valence-electron chi connectivity index (χ4n) is 2.29. The van der Waals surface area contributed by atoms with Crippen molar-refractivity contribution >= 4 is 5.91 Å². The van der Waals surface area contributed by atoms with Crippen LogP contribution in [0.1, 0.15) is 13.3 Å². The molecule has 80 valence electrons. The highest BCUT2D eigenvalue weighted by molar-refractivity contribution is 5.74. The lowest BCUT2D eigenvalue weighted by molar-refractivity contribution is -0.135. The van der Waals surface area contributed by atoms with Gasteiger partial charge in [0, 0.05) is 45.6 Å². The molecule has 2 heterocycles. The van der Waals surface area contributed by atoms with Crippen LogP contribution < -0.4 is 0 Å². The first-order chi connectivity index (χ1) is 6.65. The topological polar surface area (TPSA) is 43.8 Å². The van der Waals surface area contributed by atoms with Crippen LogP contribution in [0.4, 0.5) is 0 Å². The van der Waals surface area contributed by atoms with Crippen molar-refractivity contribution in [1.82, 2.24) is 9.80 Å². The van der Waals surface area contributed by atoms with Gasteiger partial charge in [-0.1, -0.05) is 0 Å². The summed E-state index contributed by atoms with van der Waals surface area (Å²) in [5, 5.41) is 9.34. The maximum atomic E-state index is 10.9. The van der Waals surface area contributed by atoms with E-state index in [9.17, 15) is 9.90 Å². The molecule has 1 atom stereocenters. The van der Waals surface area contributed by atoms with E-state index in [1.807, 2.05) is 4.90 Å². The first-order valence-electron chi connectivity index (χ1n) is 5.31. The summed E-state index contributed by atoms with van der Waals surface area (Å²) < 4.78 is 0. The molecule has 1 N–H and O–H groups in total. The second kappa shape index (κ2) is 3.87. The van der Waals surface area contributed by atoms with Crippen molar-refractivity contribution in [2.45, 2.75) is 19.4 Å².